The molecule has 0 fully saturated rings. The van der Waals surface area contributed by atoms with Crippen molar-refractivity contribution in [2.45, 2.75) is 6.54 Å². The molecule has 0 bridgehead atoms. The Morgan fingerprint density at radius 1 is 1.06 bits per heavy atom. The van der Waals surface area contributed by atoms with Crippen LogP contribution in [0.1, 0.15) is 15.9 Å². The Hall–Kier alpha value is -4.93. The second-order valence-corrected chi connectivity index (χ2v) is 7.51. The van der Waals surface area contributed by atoms with Crippen molar-refractivity contribution in [1.82, 2.24) is 24.9 Å². The molecule has 0 atom stereocenters. The summed E-state index contributed by atoms with van der Waals surface area (Å²) in [5.41, 5.74) is 8.17. The number of aromatic nitrogens is 5. The second-order valence-electron chi connectivity index (χ2n) is 7.51. The highest BCUT2D eigenvalue weighted by Crippen LogP contribution is 2.26. The van der Waals surface area contributed by atoms with Gasteiger partial charge in [-0.1, -0.05) is 29.4 Å². The minimum absolute atomic E-state index is 0.00797. The van der Waals surface area contributed by atoms with Gasteiger partial charge in [0.25, 0.3) is 5.91 Å². The van der Waals surface area contributed by atoms with Gasteiger partial charge in [0.15, 0.2) is 11.6 Å². The third-order valence-electron chi connectivity index (χ3n) is 5.14. The van der Waals surface area contributed by atoms with E-state index in [1.54, 1.807) is 35.0 Å². The van der Waals surface area contributed by atoms with Crippen molar-refractivity contribution in [3.05, 3.63) is 95.9 Å². The number of amides is 1. The summed E-state index contributed by atoms with van der Waals surface area (Å²) in [6, 6.07) is 14.9. The van der Waals surface area contributed by atoms with Crippen LogP contribution in [-0.4, -0.2) is 30.8 Å². The summed E-state index contributed by atoms with van der Waals surface area (Å²) in [6.45, 7) is 0.131. The first-order valence-corrected chi connectivity index (χ1v) is 10.4. The van der Waals surface area contributed by atoms with E-state index in [1.807, 2.05) is 0 Å². The number of benzene rings is 2. The van der Waals surface area contributed by atoms with E-state index in [0.29, 0.717) is 22.6 Å². The molecule has 11 heteroatoms. The maximum absolute atomic E-state index is 14.3. The van der Waals surface area contributed by atoms with Gasteiger partial charge < -0.3 is 15.6 Å². The van der Waals surface area contributed by atoms with Crippen LogP contribution in [0, 0.1) is 11.6 Å². The molecule has 0 spiro atoms. The molecule has 5 aromatic rings. The SMILES string of the molecule is Nc1nc(-c2cc(-c3ccon3)n(Cc3ccccc3F)n2)ncc1NC(=O)c1cccc(F)c1. The molecule has 2 aromatic carbocycles. The van der Waals surface area contributed by atoms with Gasteiger partial charge in [0, 0.05) is 17.2 Å². The summed E-state index contributed by atoms with van der Waals surface area (Å²) in [5, 5.41) is 11.0. The van der Waals surface area contributed by atoms with Gasteiger partial charge >= 0.3 is 0 Å². The molecule has 0 saturated heterocycles. The fourth-order valence-corrected chi connectivity index (χ4v) is 3.42. The van der Waals surface area contributed by atoms with Crippen LogP contribution < -0.4 is 11.1 Å². The third-order valence-corrected chi connectivity index (χ3v) is 5.14. The lowest BCUT2D eigenvalue weighted by Gasteiger charge is -2.08. The molecule has 174 valence electrons. The standard InChI is InChI=1S/C24H17F2N7O2/c25-16-6-3-5-14(10-16)24(34)29-20-12-28-23(30-22(20)27)19-11-21(18-8-9-35-32-18)33(31-19)13-15-4-1-2-7-17(15)26/h1-12H,13H2,(H,29,34)(H2,27,28,30). The molecule has 1 amide bonds. The van der Waals surface area contributed by atoms with Gasteiger partial charge in [-0.15, -0.1) is 0 Å². The van der Waals surface area contributed by atoms with E-state index >= 15 is 0 Å². The van der Waals surface area contributed by atoms with Gasteiger partial charge in [0.1, 0.15) is 35.0 Å². The largest absolute Gasteiger partial charge is 0.382 e. The van der Waals surface area contributed by atoms with Gasteiger partial charge in [-0.05, 0) is 30.3 Å². The van der Waals surface area contributed by atoms with Gasteiger partial charge in [-0.25, -0.2) is 18.7 Å². The number of halogens is 2. The van der Waals surface area contributed by atoms with E-state index in [0.717, 1.165) is 6.07 Å². The summed E-state index contributed by atoms with van der Waals surface area (Å²) in [5.74, 6) is -1.29. The molecule has 3 N–H and O–H groups in total. The van der Waals surface area contributed by atoms with Gasteiger partial charge in [0.2, 0.25) is 0 Å². The van der Waals surface area contributed by atoms with Crippen LogP contribution in [0.2, 0.25) is 0 Å². The minimum atomic E-state index is -0.560. The Morgan fingerprint density at radius 2 is 1.91 bits per heavy atom. The molecule has 3 aromatic heterocycles. The first kappa shape index (κ1) is 21.9. The van der Waals surface area contributed by atoms with Gasteiger partial charge in [0.05, 0.1) is 18.4 Å². The van der Waals surface area contributed by atoms with Crippen molar-refractivity contribution in [2.75, 3.05) is 11.1 Å². The zero-order chi connectivity index (χ0) is 24.4. The van der Waals surface area contributed by atoms with Gasteiger partial charge in [-0.2, -0.15) is 5.10 Å². The molecular formula is C24H17F2N7O2. The average Bonchev–Trinajstić information content (AvgIpc) is 3.52. The predicted octanol–water partition coefficient (Wildman–Crippen LogP) is 4.16. The lowest BCUT2D eigenvalue weighted by Crippen LogP contribution is -2.14. The fourth-order valence-electron chi connectivity index (χ4n) is 3.42. The van der Waals surface area contributed by atoms with Crippen LogP contribution in [-0.2, 0) is 6.54 Å². The van der Waals surface area contributed by atoms with E-state index in [9.17, 15) is 13.6 Å². The van der Waals surface area contributed by atoms with Crippen LogP contribution in [0.15, 0.2) is 77.6 Å². The average molecular weight is 473 g/mol. The Labute approximate surface area is 197 Å². The number of carbonyl (C=O) groups is 1. The fraction of sp³-hybridized carbons (Fsp3) is 0.0417. The van der Waals surface area contributed by atoms with Crippen LogP contribution in [0.25, 0.3) is 22.9 Å². The molecule has 0 saturated carbocycles. The third kappa shape index (κ3) is 4.60. The summed E-state index contributed by atoms with van der Waals surface area (Å²) < 4.78 is 34.2. The molecule has 0 radical (unpaired) electrons. The molecule has 0 unspecified atom stereocenters. The van der Waals surface area contributed by atoms with E-state index in [4.69, 9.17) is 10.3 Å². The normalized spacial score (nSPS) is 10.9. The molecule has 5 rings (SSSR count). The molecule has 0 aliphatic heterocycles. The van der Waals surface area contributed by atoms with E-state index in [1.165, 1.54) is 36.7 Å². The smallest absolute Gasteiger partial charge is 0.255 e. The summed E-state index contributed by atoms with van der Waals surface area (Å²) in [6.07, 6.45) is 2.75. The number of rotatable bonds is 6. The van der Waals surface area contributed by atoms with Crippen molar-refractivity contribution >= 4 is 17.4 Å². The number of anilines is 2. The lowest BCUT2D eigenvalue weighted by molar-refractivity contribution is 0.102. The predicted molar refractivity (Wildman–Crippen MR) is 123 cm³/mol. The van der Waals surface area contributed by atoms with Gasteiger partial charge in [-0.3, -0.25) is 9.48 Å². The maximum Gasteiger partial charge on any atom is 0.255 e. The van der Waals surface area contributed by atoms with Crippen LogP contribution in [0.4, 0.5) is 20.3 Å². The highest BCUT2D eigenvalue weighted by Gasteiger charge is 2.18. The Bertz CT molecular complexity index is 1520. The monoisotopic (exact) mass is 473 g/mol. The highest BCUT2D eigenvalue weighted by atomic mass is 19.1. The van der Waals surface area contributed by atoms with Crippen LogP contribution in [0.5, 0.6) is 0 Å². The van der Waals surface area contributed by atoms with Crippen molar-refractivity contribution in [3.8, 4) is 22.9 Å². The number of hydrogen-bond acceptors (Lipinski definition) is 7. The zero-order valence-electron chi connectivity index (χ0n) is 18.0. The maximum atomic E-state index is 14.3. The molecule has 9 nitrogen and oxygen atoms in total. The van der Waals surface area contributed by atoms with E-state index < -0.39 is 11.7 Å². The first-order chi connectivity index (χ1) is 17.0. The van der Waals surface area contributed by atoms with Crippen molar-refractivity contribution < 1.29 is 18.1 Å². The Morgan fingerprint density at radius 3 is 2.66 bits per heavy atom. The number of carbonyl (C=O) groups excluding carboxylic acids is 1. The number of nitrogens with zero attached hydrogens (tertiary/aromatic N) is 5. The summed E-state index contributed by atoms with van der Waals surface area (Å²) in [4.78, 5) is 20.9. The summed E-state index contributed by atoms with van der Waals surface area (Å²) >= 11 is 0. The number of nitrogen functional groups attached to an aromatic ring is 1. The van der Waals surface area contributed by atoms with Crippen molar-refractivity contribution in [2.24, 2.45) is 0 Å². The highest BCUT2D eigenvalue weighted by molar-refractivity contribution is 6.05. The molecule has 0 aliphatic carbocycles. The Balaban J connectivity index is 1.45. The lowest BCUT2D eigenvalue weighted by atomic mass is 10.2. The Kier molecular flexibility index (Phi) is 5.71. The molecular weight excluding hydrogens is 456 g/mol. The minimum Gasteiger partial charge on any atom is -0.382 e. The van der Waals surface area contributed by atoms with E-state index in [-0.39, 0.29) is 35.3 Å². The van der Waals surface area contributed by atoms with Crippen LogP contribution in [0.3, 0.4) is 0 Å². The number of nitrogens with two attached hydrogens (primary N) is 1. The zero-order valence-corrected chi connectivity index (χ0v) is 18.0. The first-order valence-electron chi connectivity index (χ1n) is 10.4. The molecule has 3 heterocycles. The molecule has 35 heavy (non-hydrogen) atoms. The quantitative estimate of drug-likeness (QED) is 0.379. The molecule has 0 aliphatic rings. The number of nitrogens with one attached hydrogen (secondary N) is 1. The van der Waals surface area contributed by atoms with E-state index in [2.05, 4.69) is 25.5 Å². The topological polar surface area (TPSA) is 125 Å². The van der Waals surface area contributed by atoms with Crippen molar-refractivity contribution in [1.29, 1.82) is 0 Å². The second kappa shape index (κ2) is 9.14. The summed E-state index contributed by atoms with van der Waals surface area (Å²) in [7, 11) is 0. The van der Waals surface area contributed by atoms with Crippen molar-refractivity contribution in [3.63, 3.8) is 0 Å². The van der Waals surface area contributed by atoms with Crippen LogP contribution >= 0.6 is 0 Å². The number of hydrogen-bond donors (Lipinski definition) is 2.